The van der Waals surface area contributed by atoms with Crippen LogP contribution < -0.4 is 16.1 Å². The second kappa shape index (κ2) is 5.86. The third-order valence-electron chi connectivity index (χ3n) is 4.43. The lowest BCUT2D eigenvalue weighted by Gasteiger charge is -2.28. The molecule has 0 amide bonds. The van der Waals surface area contributed by atoms with Crippen LogP contribution in [0.2, 0.25) is 0 Å². The van der Waals surface area contributed by atoms with Crippen molar-refractivity contribution in [2.24, 2.45) is 0 Å². The number of carbonyl (C=O) groups excluding carboxylic acids is 1. The van der Waals surface area contributed by atoms with Gasteiger partial charge in [-0.15, -0.1) is 0 Å². The number of nitrogen functional groups attached to an aromatic ring is 1. The van der Waals surface area contributed by atoms with E-state index in [1.807, 2.05) is 12.1 Å². The number of ether oxygens (including phenoxy) is 1. The van der Waals surface area contributed by atoms with Crippen molar-refractivity contribution >= 4 is 39.4 Å². The van der Waals surface area contributed by atoms with Crippen molar-refractivity contribution in [3.8, 4) is 0 Å². The van der Waals surface area contributed by atoms with E-state index in [1.54, 1.807) is 6.07 Å². The topological polar surface area (TPSA) is 98.7 Å². The number of fused-ring (bicyclic) bond motifs is 2. The molecule has 25 heavy (non-hydrogen) atoms. The standard InChI is InChI=1S/C18H17N3O4/c1-10(22)12-9-14-16(23)13-8-11(21-4-6-24-7-5-21)2-3-15(13)25-18(14)20-17(12)19/h2-3,8-9H,4-7H2,1H3,(H2,19,20). The van der Waals surface area contributed by atoms with Crippen LogP contribution in [0.3, 0.4) is 0 Å². The van der Waals surface area contributed by atoms with Crippen molar-refractivity contribution in [2.45, 2.75) is 6.92 Å². The molecule has 1 aliphatic heterocycles. The van der Waals surface area contributed by atoms with Gasteiger partial charge in [-0.1, -0.05) is 0 Å². The minimum Gasteiger partial charge on any atom is -0.437 e. The van der Waals surface area contributed by atoms with E-state index in [9.17, 15) is 9.59 Å². The molecule has 0 saturated carbocycles. The van der Waals surface area contributed by atoms with Gasteiger partial charge in [-0.3, -0.25) is 9.59 Å². The number of morpholine rings is 1. The second-order valence-electron chi connectivity index (χ2n) is 6.04. The maximum absolute atomic E-state index is 12.9. The first kappa shape index (κ1) is 15.6. The van der Waals surface area contributed by atoms with Crippen molar-refractivity contribution in [3.63, 3.8) is 0 Å². The molecule has 1 saturated heterocycles. The van der Waals surface area contributed by atoms with Crippen LogP contribution in [0.15, 0.2) is 33.5 Å². The normalized spacial score (nSPS) is 15.0. The summed E-state index contributed by atoms with van der Waals surface area (Å²) in [6, 6.07) is 6.95. The Kier molecular flexibility index (Phi) is 3.65. The summed E-state index contributed by atoms with van der Waals surface area (Å²) in [6.07, 6.45) is 0. The van der Waals surface area contributed by atoms with Crippen LogP contribution in [-0.4, -0.2) is 37.1 Å². The van der Waals surface area contributed by atoms with E-state index < -0.39 is 0 Å². The number of carbonyl (C=O) groups is 1. The lowest BCUT2D eigenvalue weighted by atomic mass is 10.1. The summed E-state index contributed by atoms with van der Waals surface area (Å²) in [5.74, 6) is -0.180. The lowest BCUT2D eigenvalue weighted by Crippen LogP contribution is -2.36. The number of nitrogens with two attached hydrogens (primary N) is 1. The van der Waals surface area contributed by atoms with Gasteiger partial charge in [0.15, 0.2) is 5.78 Å². The molecule has 7 heteroatoms. The third kappa shape index (κ3) is 2.62. The van der Waals surface area contributed by atoms with Crippen molar-refractivity contribution in [1.29, 1.82) is 0 Å². The van der Waals surface area contributed by atoms with E-state index in [1.165, 1.54) is 13.0 Å². The molecule has 3 heterocycles. The van der Waals surface area contributed by atoms with E-state index in [0.29, 0.717) is 24.2 Å². The number of ketones is 1. The van der Waals surface area contributed by atoms with Crippen molar-refractivity contribution in [2.75, 3.05) is 36.9 Å². The van der Waals surface area contributed by atoms with Crippen molar-refractivity contribution in [3.05, 3.63) is 40.1 Å². The van der Waals surface area contributed by atoms with E-state index >= 15 is 0 Å². The smallest absolute Gasteiger partial charge is 0.232 e. The summed E-state index contributed by atoms with van der Waals surface area (Å²) < 4.78 is 11.1. The zero-order chi connectivity index (χ0) is 17.6. The number of benzene rings is 1. The highest BCUT2D eigenvalue weighted by molar-refractivity contribution is 6.02. The average molecular weight is 339 g/mol. The van der Waals surface area contributed by atoms with Gasteiger partial charge < -0.3 is 19.8 Å². The minimum absolute atomic E-state index is 0.0624. The van der Waals surface area contributed by atoms with E-state index in [4.69, 9.17) is 14.9 Å². The molecule has 0 bridgehead atoms. The number of nitrogens with zero attached hydrogens (tertiary/aromatic N) is 2. The Morgan fingerprint density at radius 1 is 1.20 bits per heavy atom. The monoisotopic (exact) mass is 339 g/mol. The zero-order valence-corrected chi connectivity index (χ0v) is 13.7. The van der Waals surface area contributed by atoms with E-state index in [0.717, 1.165) is 18.8 Å². The first-order chi connectivity index (χ1) is 12.0. The molecule has 7 nitrogen and oxygen atoms in total. The van der Waals surface area contributed by atoms with Crippen LogP contribution in [0.25, 0.3) is 22.1 Å². The highest BCUT2D eigenvalue weighted by Crippen LogP contribution is 2.25. The Morgan fingerprint density at radius 2 is 1.96 bits per heavy atom. The molecule has 2 aromatic heterocycles. The Hall–Kier alpha value is -2.93. The van der Waals surface area contributed by atoms with Crippen LogP contribution in [0, 0.1) is 0 Å². The molecule has 4 rings (SSSR count). The fourth-order valence-electron chi connectivity index (χ4n) is 3.08. The van der Waals surface area contributed by atoms with Gasteiger partial charge in [-0.05, 0) is 31.2 Å². The molecule has 3 aromatic rings. The van der Waals surface area contributed by atoms with Gasteiger partial charge in [0.25, 0.3) is 0 Å². The van der Waals surface area contributed by atoms with Crippen molar-refractivity contribution < 1.29 is 13.9 Å². The van der Waals surface area contributed by atoms with Gasteiger partial charge >= 0.3 is 0 Å². The Morgan fingerprint density at radius 3 is 2.68 bits per heavy atom. The predicted molar refractivity (Wildman–Crippen MR) is 95.2 cm³/mol. The molecule has 0 radical (unpaired) electrons. The Balaban J connectivity index is 1.93. The first-order valence-electron chi connectivity index (χ1n) is 8.05. The number of anilines is 2. The number of hydrogen-bond acceptors (Lipinski definition) is 7. The number of aromatic nitrogens is 1. The molecule has 2 N–H and O–H groups in total. The van der Waals surface area contributed by atoms with Crippen LogP contribution in [0.5, 0.6) is 0 Å². The summed E-state index contributed by atoms with van der Waals surface area (Å²) in [5.41, 5.74) is 7.32. The Labute approximate surface area is 143 Å². The summed E-state index contributed by atoms with van der Waals surface area (Å²) in [7, 11) is 0. The summed E-state index contributed by atoms with van der Waals surface area (Å²) >= 11 is 0. The van der Waals surface area contributed by atoms with E-state index in [-0.39, 0.29) is 33.7 Å². The molecule has 128 valence electrons. The molecule has 1 aromatic carbocycles. The molecule has 0 atom stereocenters. The SMILES string of the molecule is CC(=O)c1cc2c(=O)c3cc(N4CCOCC4)ccc3oc2nc1N. The second-order valence-corrected chi connectivity index (χ2v) is 6.04. The highest BCUT2D eigenvalue weighted by Gasteiger charge is 2.17. The maximum atomic E-state index is 12.9. The number of Topliss-reactive ketones (excluding diaryl/α,β-unsaturated/α-hetero) is 1. The number of pyridine rings is 1. The molecule has 0 aliphatic carbocycles. The van der Waals surface area contributed by atoms with Crippen molar-refractivity contribution in [1.82, 2.24) is 4.98 Å². The highest BCUT2D eigenvalue weighted by atomic mass is 16.5. The summed E-state index contributed by atoms with van der Waals surface area (Å²) in [6.45, 7) is 4.26. The fraction of sp³-hybridized carbons (Fsp3) is 0.278. The van der Waals surface area contributed by atoms with Crippen LogP contribution in [0.1, 0.15) is 17.3 Å². The van der Waals surface area contributed by atoms with Gasteiger partial charge in [0.05, 0.1) is 29.5 Å². The molecule has 0 spiro atoms. The molecule has 1 fully saturated rings. The van der Waals surface area contributed by atoms with Gasteiger partial charge in [-0.25, -0.2) is 0 Å². The number of rotatable bonds is 2. The number of hydrogen-bond donors (Lipinski definition) is 1. The van der Waals surface area contributed by atoms with Crippen LogP contribution in [-0.2, 0) is 4.74 Å². The summed E-state index contributed by atoms with van der Waals surface area (Å²) in [4.78, 5) is 30.8. The van der Waals surface area contributed by atoms with E-state index in [2.05, 4.69) is 9.88 Å². The van der Waals surface area contributed by atoms with Gasteiger partial charge in [0, 0.05) is 18.8 Å². The summed E-state index contributed by atoms with van der Waals surface area (Å²) in [5, 5.41) is 0.712. The molecular weight excluding hydrogens is 322 g/mol. The Bertz CT molecular complexity index is 1050. The molecular formula is C18H17N3O4. The third-order valence-corrected chi connectivity index (χ3v) is 4.43. The lowest BCUT2D eigenvalue weighted by molar-refractivity contribution is 0.101. The van der Waals surface area contributed by atoms with Gasteiger partial charge in [0.1, 0.15) is 11.4 Å². The predicted octanol–water partition coefficient (Wildman–Crippen LogP) is 1.96. The molecule has 1 aliphatic rings. The minimum atomic E-state index is -0.242. The average Bonchev–Trinajstić information content (AvgIpc) is 2.62. The van der Waals surface area contributed by atoms with Gasteiger partial charge in [-0.2, -0.15) is 4.98 Å². The largest absolute Gasteiger partial charge is 0.437 e. The zero-order valence-electron chi connectivity index (χ0n) is 13.7. The first-order valence-corrected chi connectivity index (χ1v) is 8.05. The van der Waals surface area contributed by atoms with Crippen LogP contribution >= 0.6 is 0 Å². The van der Waals surface area contributed by atoms with Gasteiger partial charge in [0.2, 0.25) is 11.1 Å². The van der Waals surface area contributed by atoms with Crippen LogP contribution in [0.4, 0.5) is 11.5 Å². The quantitative estimate of drug-likeness (QED) is 0.563. The molecule has 0 unspecified atom stereocenters. The maximum Gasteiger partial charge on any atom is 0.232 e. The fourth-order valence-corrected chi connectivity index (χ4v) is 3.08.